The van der Waals surface area contributed by atoms with Gasteiger partial charge in [-0.05, 0) is 64.4 Å². The van der Waals surface area contributed by atoms with Crippen LogP contribution in [0.3, 0.4) is 0 Å². The van der Waals surface area contributed by atoms with Crippen molar-refractivity contribution in [2.24, 2.45) is 0 Å². The Morgan fingerprint density at radius 3 is 1.69 bits per heavy atom. The zero-order chi connectivity index (χ0) is 25.7. The normalized spacial score (nSPS) is 11.0. The fraction of sp³-hybridized carbons (Fsp3) is 0.393. The number of benzene rings is 2. The number of hydrogen-bond acceptors (Lipinski definition) is 7. The largest absolute Gasteiger partial charge is 0.496 e. The van der Waals surface area contributed by atoms with E-state index in [1.54, 1.807) is 25.6 Å². The van der Waals surface area contributed by atoms with Gasteiger partial charge in [-0.2, -0.15) is 0 Å². The fourth-order valence-corrected chi connectivity index (χ4v) is 5.27. The van der Waals surface area contributed by atoms with Gasteiger partial charge in [-0.25, -0.2) is 0 Å². The van der Waals surface area contributed by atoms with Crippen molar-refractivity contribution in [2.75, 3.05) is 14.2 Å². The molecule has 3 rings (SSSR count). The first-order valence-corrected chi connectivity index (χ1v) is 12.4. The van der Waals surface area contributed by atoms with Crippen LogP contribution in [0.4, 0.5) is 0 Å². The van der Waals surface area contributed by atoms with Gasteiger partial charge in [0.1, 0.15) is 29.6 Å². The van der Waals surface area contributed by atoms with Crippen molar-refractivity contribution >= 4 is 17.3 Å². The average Bonchev–Trinajstić information content (AvgIpc) is 3.11. The van der Waals surface area contributed by atoms with Crippen LogP contribution in [0, 0.1) is 6.92 Å². The highest BCUT2D eigenvalue weighted by Gasteiger charge is 2.27. The number of methoxy groups -OCH3 is 2. The minimum absolute atomic E-state index is 0.0126. The smallest absolute Gasteiger partial charge is 0.302 e. The molecule has 3 aromatic rings. The highest BCUT2D eigenvalue weighted by Crippen LogP contribution is 2.52. The summed E-state index contributed by atoms with van der Waals surface area (Å²) < 4.78 is 29.3. The zero-order valence-corrected chi connectivity index (χ0v) is 22.5. The average molecular weight is 499 g/mol. The van der Waals surface area contributed by atoms with Crippen LogP contribution in [0.5, 0.6) is 23.0 Å². The molecule has 0 radical (unpaired) electrons. The maximum absolute atomic E-state index is 11.8. The van der Waals surface area contributed by atoms with Gasteiger partial charge in [0.15, 0.2) is 0 Å². The van der Waals surface area contributed by atoms with E-state index in [0.717, 1.165) is 37.8 Å². The first-order valence-electron chi connectivity index (χ1n) is 11.6. The summed E-state index contributed by atoms with van der Waals surface area (Å²) >= 11 is 1.57. The molecule has 0 saturated carbocycles. The lowest BCUT2D eigenvalue weighted by molar-refractivity contribution is -0.142. The van der Waals surface area contributed by atoms with Crippen LogP contribution in [0.15, 0.2) is 36.4 Å². The highest BCUT2D eigenvalue weighted by molar-refractivity contribution is 7.19. The molecular weight excluding hydrogens is 464 g/mol. The van der Waals surface area contributed by atoms with Crippen LogP contribution in [0.2, 0.25) is 0 Å². The Labute approximate surface area is 211 Å². The maximum Gasteiger partial charge on any atom is 0.302 e. The van der Waals surface area contributed by atoms with Crippen molar-refractivity contribution in [1.29, 1.82) is 0 Å². The number of carbonyl (C=O) groups excluding carboxylic acids is 1. The predicted octanol–water partition coefficient (Wildman–Crippen LogP) is 7.05. The van der Waals surface area contributed by atoms with Gasteiger partial charge in [-0.3, -0.25) is 4.79 Å². The summed E-state index contributed by atoms with van der Waals surface area (Å²) in [5.41, 5.74) is 3.56. The highest BCUT2D eigenvalue weighted by atomic mass is 32.1. The number of carbonyl (C=O) groups is 1. The molecule has 7 heteroatoms. The van der Waals surface area contributed by atoms with E-state index in [9.17, 15) is 4.79 Å². The van der Waals surface area contributed by atoms with Crippen LogP contribution >= 0.6 is 11.3 Å². The molecule has 0 aliphatic heterocycles. The Balaban J connectivity index is 2.35. The second kappa shape index (κ2) is 11.5. The molecule has 1 aromatic heterocycles. The number of esters is 1. The number of hydrogen-bond donors (Lipinski definition) is 0. The quantitative estimate of drug-likeness (QED) is 0.279. The predicted molar refractivity (Wildman–Crippen MR) is 140 cm³/mol. The molecule has 188 valence electrons. The summed E-state index contributed by atoms with van der Waals surface area (Å²) in [6, 6.07) is 11.5. The molecule has 0 atom stereocenters. The first kappa shape index (κ1) is 26.4. The standard InChI is InChI=1S/C28H34O6S/c1-16(2)33-23-13-9-11-21(30-7)25(23)27-18(5)20(15-32-19(6)29)28(35-27)26-22(31-8)12-10-14-24(26)34-17(3)4/h9-14,16-17H,15H2,1-8H3. The molecule has 0 bridgehead atoms. The molecule has 0 unspecified atom stereocenters. The second-order valence-corrected chi connectivity index (χ2v) is 9.66. The number of thiophene rings is 1. The molecule has 0 aliphatic carbocycles. The van der Waals surface area contributed by atoms with Gasteiger partial charge in [-0.15, -0.1) is 11.3 Å². The van der Waals surface area contributed by atoms with E-state index in [2.05, 4.69) is 0 Å². The van der Waals surface area contributed by atoms with E-state index >= 15 is 0 Å². The Hall–Kier alpha value is -3.19. The van der Waals surface area contributed by atoms with Crippen LogP contribution in [-0.4, -0.2) is 32.4 Å². The van der Waals surface area contributed by atoms with Crippen molar-refractivity contribution in [3.8, 4) is 43.9 Å². The van der Waals surface area contributed by atoms with E-state index in [0.29, 0.717) is 17.2 Å². The van der Waals surface area contributed by atoms with E-state index < -0.39 is 0 Å². The first-order chi connectivity index (χ1) is 16.7. The zero-order valence-electron chi connectivity index (χ0n) is 21.7. The Kier molecular flexibility index (Phi) is 8.67. The molecule has 0 amide bonds. The second-order valence-electron chi connectivity index (χ2n) is 8.64. The fourth-order valence-electron chi connectivity index (χ4n) is 3.85. The van der Waals surface area contributed by atoms with E-state index in [1.165, 1.54) is 6.92 Å². The van der Waals surface area contributed by atoms with Gasteiger partial charge in [0.25, 0.3) is 0 Å². The minimum atomic E-state index is -0.345. The van der Waals surface area contributed by atoms with Gasteiger partial charge in [0.05, 0.1) is 37.6 Å². The molecular formula is C28H34O6S. The monoisotopic (exact) mass is 498 g/mol. The van der Waals surface area contributed by atoms with Crippen LogP contribution < -0.4 is 18.9 Å². The third kappa shape index (κ3) is 5.90. The third-order valence-corrected chi connectivity index (χ3v) is 6.66. The summed E-state index contributed by atoms with van der Waals surface area (Å²) in [7, 11) is 3.29. The Bertz CT molecular complexity index is 1180. The van der Waals surface area contributed by atoms with E-state index in [-0.39, 0.29) is 24.8 Å². The van der Waals surface area contributed by atoms with Gasteiger partial charge in [0, 0.05) is 22.2 Å². The van der Waals surface area contributed by atoms with Gasteiger partial charge >= 0.3 is 5.97 Å². The summed E-state index contributed by atoms with van der Waals surface area (Å²) in [6.07, 6.45) is -0.0417. The van der Waals surface area contributed by atoms with Crippen molar-refractivity contribution < 1.29 is 28.5 Å². The molecule has 0 saturated heterocycles. The minimum Gasteiger partial charge on any atom is -0.496 e. The summed E-state index contributed by atoms with van der Waals surface area (Å²) in [5.74, 6) is 2.47. The molecule has 1 heterocycles. The Morgan fingerprint density at radius 1 is 0.800 bits per heavy atom. The number of rotatable bonds is 10. The van der Waals surface area contributed by atoms with Crippen molar-refractivity contribution in [3.63, 3.8) is 0 Å². The summed E-state index contributed by atoms with van der Waals surface area (Å²) in [5, 5.41) is 0. The van der Waals surface area contributed by atoms with Gasteiger partial charge < -0.3 is 23.7 Å². The number of ether oxygens (including phenoxy) is 5. The van der Waals surface area contributed by atoms with Gasteiger partial charge in [-0.1, -0.05) is 12.1 Å². The SMILES string of the molecule is COc1cccc(OC(C)C)c1-c1sc(-c2c(OC)cccc2OC(C)C)c(COC(C)=O)c1C. The lowest BCUT2D eigenvalue weighted by Gasteiger charge is -2.17. The van der Waals surface area contributed by atoms with Crippen molar-refractivity contribution in [2.45, 2.75) is 60.4 Å². The van der Waals surface area contributed by atoms with Crippen LogP contribution in [-0.2, 0) is 16.1 Å². The lowest BCUT2D eigenvalue weighted by atomic mass is 10.0. The van der Waals surface area contributed by atoms with Gasteiger partial charge in [0.2, 0.25) is 0 Å². The topological polar surface area (TPSA) is 63.2 Å². The van der Waals surface area contributed by atoms with Crippen LogP contribution in [0.25, 0.3) is 20.9 Å². The maximum atomic E-state index is 11.8. The van der Waals surface area contributed by atoms with Crippen molar-refractivity contribution in [1.82, 2.24) is 0 Å². The van der Waals surface area contributed by atoms with Crippen LogP contribution in [0.1, 0.15) is 45.7 Å². The van der Waals surface area contributed by atoms with E-state index in [4.69, 9.17) is 23.7 Å². The molecule has 0 aliphatic rings. The summed E-state index contributed by atoms with van der Waals surface area (Å²) in [4.78, 5) is 13.6. The molecule has 6 nitrogen and oxygen atoms in total. The Morgan fingerprint density at radius 2 is 1.26 bits per heavy atom. The molecule has 0 N–H and O–H groups in total. The lowest BCUT2D eigenvalue weighted by Crippen LogP contribution is -2.07. The summed E-state index contributed by atoms with van der Waals surface area (Å²) in [6.45, 7) is 11.5. The van der Waals surface area contributed by atoms with Crippen molar-refractivity contribution in [3.05, 3.63) is 47.5 Å². The third-order valence-electron chi connectivity index (χ3n) is 5.29. The molecule has 2 aromatic carbocycles. The molecule has 0 spiro atoms. The molecule has 35 heavy (non-hydrogen) atoms. The molecule has 0 fully saturated rings. The van der Waals surface area contributed by atoms with E-state index in [1.807, 2.05) is 71.0 Å².